The van der Waals surface area contributed by atoms with Gasteiger partial charge >= 0.3 is 0 Å². The normalized spacial score (nSPS) is 12.5. The number of anilines is 1. The highest BCUT2D eigenvalue weighted by atomic mass is 19.1. The molecule has 0 amide bonds. The monoisotopic (exact) mass is 283 g/mol. The molecule has 21 heavy (non-hydrogen) atoms. The van der Waals surface area contributed by atoms with E-state index in [-0.39, 0.29) is 11.9 Å². The molecule has 1 heterocycles. The predicted molar refractivity (Wildman–Crippen MR) is 83.9 cm³/mol. The summed E-state index contributed by atoms with van der Waals surface area (Å²) in [6, 6.07) is 12.8. The second kappa shape index (κ2) is 5.56. The smallest absolute Gasteiger partial charge is 0.128 e. The maximum Gasteiger partial charge on any atom is 0.128 e. The molecule has 0 radical (unpaired) electrons. The van der Waals surface area contributed by atoms with Gasteiger partial charge in [-0.15, -0.1) is 0 Å². The van der Waals surface area contributed by atoms with Crippen molar-refractivity contribution in [3.8, 4) is 0 Å². The number of rotatable bonds is 4. The molecule has 1 atom stereocenters. The topological polar surface area (TPSA) is 40.7 Å². The quantitative estimate of drug-likeness (QED) is 0.736. The van der Waals surface area contributed by atoms with Gasteiger partial charge in [-0.3, -0.25) is 0 Å². The third-order valence-electron chi connectivity index (χ3n) is 3.63. The van der Waals surface area contributed by atoms with E-state index in [1.807, 2.05) is 44.2 Å². The lowest BCUT2D eigenvalue weighted by Gasteiger charge is -2.19. The number of H-pyrrole nitrogens is 1. The van der Waals surface area contributed by atoms with Crippen molar-refractivity contribution < 1.29 is 4.39 Å². The largest absolute Gasteiger partial charge is 0.378 e. The highest BCUT2D eigenvalue weighted by Crippen LogP contribution is 2.26. The molecule has 3 aromatic rings. The molecule has 0 aliphatic carbocycles. The van der Waals surface area contributed by atoms with Crippen LogP contribution >= 0.6 is 0 Å². The SMILES string of the molecule is CCC(Nc1ccc2nc(C)[nH]c2c1)c1ccccc1F. The van der Waals surface area contributed by atoms with E-state index in [0.717, 1.165) is 29.0 Å². The molecule has 0 aliphatic rings. The summed E-state index contributed by atoms with van der Waals surface area (Å²) in [5, 5.41) is 3.40. The molecule has 3 rings (SSSR count). The number of aryl methyl sites for hydroxylation is 1. The van der Waals surface area contributed by atoms with Crippen molar-refractivity contribution in [1.82, 2.24) is 9.97 Å². The number of hydrogen-bond acceptors (Lipinski definition) is 2. The standard InChI is InChI=1S/C17H18FN3/c1-3-15(13-6-4-5-7-14(13)18)21-12-8-9-16-17(10-12)20-11(2)19-16/h4-10,15,21H,3H2,1-2H3,(H,19,20). The number of aromatic nitrogens is 2. The van der Waals surface area contributed by atoms with Crippen LogP contribution in [-0.2, 0) is 0 Å². The average molecular weight is 283 g/mol. The van der Waals surface area contributed by atoms with E-state index in [2.05, 4.69) is 15.3 Å². The molecule has 2 N–H and O–H groups in total. The van der Waals surface area contributed by atoms with E-state index in [4.69, 9.17) is 0 Å². The maximum absolute atomic E-state index is 13.9. The van der Waals surface area contributed by atoms with E-state index in [1.165, 1.54) is 6.07 Å². The Hall–Kier alpha value is -2.36. The third-order valence-corrected chi connectivity index (χ3v) is 3.63. The minimum Gasteiger partial charge on any atom is -0.378 e. The van der Waals surface area contributed by atoms with Gasteiger partial charge in [0.2, 0.25) is 0 Å². The molecule has 1 aromatic heterocycles. The predicted octanol–water partition coefficient (Wildman–Crippen LogP) is 4.57. The van der Waals surface area contributed by atoms with Crippen molar-refractivity contribution >= 4 is 16.7 Å². The van der Waals surface area contributed by atoms with Gasteiger partial charge in [-0.25, -0.2) is 9.37 Å². The van der Waals surface area contributed by atoms with Crippen LogP contribution in [0.15, 0.2) is 42.5 Å². The zero-order valence-electron chi connectivity index (χ0n) is 12.2. The van der Waals surface area contributed by atoms with Crippen LogP contribution in [0.25, 0.3) is 11.0 Å². The molecular weight excluding hydrogens is 265 g/mol. The summed E-state index contributed by atoms with van der Waals surface area (Å²) in [7, 11) is 0. The number of fused-ring (bicyclic) bond motifs is 1. The third kappa shape index (κ3) is 2.75. The summed E-state index contributed by atoms with van der Waals surface area (Å²) in [6.07, 6.45) is 0.807. The summed E-state index contributed by atoms with van der Waals surface area (Å²) < 4.78 is 13.9. The highest BCUT2D eigenvalue weighted by molar-refractivity contribution is 5.79. The first-order valence-electron chi connectivity index (χ1n) is 7.14. The molecule has 0 saturated heterocycles. The lowest BCUT2D eigenvalue weighted by Crippen LogP contribution is -2.11. The Kier molecular flexibility index (Phi) is 3.60. The minimum absolute atomic E-state index is 0.0485. The van der Waals surface area contributed by atoms with Gasteiger partial charge in [-0.05, 0) is 37.6 Å². The average Bonchev–Trinajstić information content (AvgIpc) is 2.85. The molecule has 4 heteroatoms. The second-order valence-electron chi connectivity index (χ2n) is 5.18. The minimum atomic E-state index is -0.171. The summed E-state index contributed by atoms with van der Waals surface area (Å²) in [5.74, 6) is 0.721. The molecule has 0 aliphatic heterocycles. The summed E-state index contributed by atoms with van der Waals surface area (Å²) >= 11 is 0. The fourth-order valence-electron chi connectivity index (χ4n) is 2.59. The van der Waals surface area contributed by atoms with Crippen LogP contribution in [0.3, 0.4) is 0 Å². The number of hydrogen-bond donors (Lipinski definition) is 2. The number of imidazole rings is 1. The second-order valence-corrected chi connectivity index (χ2v) is 5.18. The zero-order chi connectivity index (χ0) is 14.8. The van der Waals surface area contributed by atoms with Crippen molar-refractivity contribution in [2.75, 3.05) is 5.32 Å². The molecule has 0 spiro atoms. The zero-order valence-corrected chi connectivity index (χ0v) is 12.2. The Morgan fingerprint density at radius 2 is 2.05 bits per heavy atom. The van der Waals surface area contributed by atoms with Crippen LogP contribution < -0.4 is 5.32 Å². The Morgan fingerprint density at radius 1 is 1.24 bits per heavy atom. The van der Waals surface area contributed by atoms with Gasteiger partial charge in [-0.1, -0.05) is 25.1 Å². The van der Waals surface area contributed by atoms with Gasteiger partial charge in [0.1, 0.15) is 11.6 Å². The van der Waals surface area contributed by atoms with Gasteiger partial charge in [0, 0.05) is 11.3 Å². The van der Waals surface area contributed by atoms with Crippen LogP contribution in [0.2, 0.25) is 0 Å². The summed E-state index contributed by atoms with van der Waals surface area (Å²) in [4.78, 5) is 7.60. The van der Waals surface area contributed by atoms with Crippen LogP contribution in [0, 0.1) is 12.7 Å². The number of benzene rings is 2. The molecule has 0 bridgehead atoms. The van der Waals surface area contributed by atoms with E-state index in [0.29, 0.717) is 5.56 Å². The Balaban J connectivity index is 1.90. The molecule has 0 fully saturated rings. The molecule has 2 aromatic carbocycles. The number of nitrogens with one attached hydrogen (secondary N) is 2. The van der Waals surface area contributed by atoms with Crippen LogP contribution in [0.1, 0.15) is 30.8 Å². The van der Waals surface area contributed by atoms with Crippen molar-refractivity contribution in [3.05, 3.63) is 59.7 Å². The first kappa shape index (κ1) is 13.6. The lowest BCUT2D eigenvalue weighted by molar-refractivity contribution is 0.587. The summed E-state index contributed by atoms with van der Waals surface area (Å²) in [6.45, 7) is 3.98. The molecular formula is C17H18FN3. The molecule has 3 nitrogen and oxygen atoms in total. The van der Waals surface area contributed by atoms with Crippen molar-refractivity contribution in [2.24, 2.45) is 0 Å². The lowest BCUT2D eigenvalue weighted by atomic mass is 10.0. The summed E-state index contributed by atoms with van der Waals surface area (Å²) in [5.41, 5.74) is 3.58. The van der Waals surface area contributed by atoms with Crippen molar-refractivity contribution in [2.45, 2.75) is 26.3 Å². The number of aromatic amines is 1. The fraction of sp³-hybridized carbons (Fsp3) is 0.235. The Bertz CT molecular complexity index is 764. The fourth-order valence-corrected chi connectivity index (χ4v) is 2.59. The molecule has 0 saturated carbocycles. The van der Waals surface area contributed by atoms with Crippen LogP contribution in [-0.4, -0.2) is 9.97 Å². The molecule has 1 unspecified atom stereocenters. The van der Waals surface area contributed by atoms with Crippen molar-refractivity contribution in [1.29, 1.82) is 0 Å². The Labute approximate surface area is 123 Å². The number of halogens is 1. The van der Waals surface area contributed by atoms with Gasteiger partial charge < -0.3 is 10.3 Å². The van der Waals surface area contributed by atoms with Gasteiger partial charge in [0.25, 0.3) is 0 Å². The maximum atomic E-state index is 13.9. The first-order chi connectivity index (χ1) is 10.2. The number of nitrogens with zero attached hydrogens (tertiary/aromatic N) is 1. The van der Waals surface area contributed by atoms with E-state index in [9.17, 15) is 4.39 Å². The van der Waals surface area contributed by atoms with E-state index < -0.39 is 0 Å². The van der Waals surface area contributed by atoms with Crippen LogP contribution in [0.5, 0.6) is 0 Å². The van der Waals surface area contributed by atoms with Gasteiger partial charge in [0.05, 0.1) is 17.1 Å². The van der Waals surface area contributed by atoms with Gasteiger partial charge in [-0.2, -0.15) is 0 Å². The van der Waals surface area contributed by atoms with E-state index >= 15 is 0 Å². The van der Waals surface area contributed by atoms with Crippen molar-refractivity contribution in [3.63, 3.8) is 0 Å². The van der Waals surface area contributed by atoms with Gasteiger partial charge in [0.15, 0.2) is 0 Å². The molecule has 108 valence electrons. The Morgan fingerprint density at radius 3 is 2.81 bits per heavy atom. The first-order valence-corrected chi connectivity index (χ1v) is 7.14. The highest BCUT2D eigenvalue weighted by Gasteiger charge is 2.13. The van der Waals surface area contributed by atoms with E-state index in [1.54, 1.807) is 6.07 Å². The van der Waals surface area contributed by atoms with Crippen LogP contribution in [0.4, 0.5) is 10.1 Å².